The summed E-state index contributed by atoms with van der Waals surface area (Å²) in [5.41, 5.74) is 0.818. The summed E-state index contributed by atoms with van der Waals surface area (Å²) < 4.78 is 25.5. The summed E-state index contributed by atoms with van der Waals surface area (Å²) in [5, 5.41) is 6.53. The smallest absolute Gasteiger partial charge is 0.159 e. The zero-order chi connectivity index (χ0) is 12.5. The Balaban J connectivity index is 2.11. The van der Waals surface area contributed by atoms with Crippen molar-refractivity contribution < 1.29 is 8.78 Å². The Kier molecular flexibility index (Phi) is 6.74. The van der Waals surface area contributed by atoms with E-state index in [4.69, 9.17) is 0 Å². The van der Waals surface area contributed by atoms with Crippen LogP contribution in [0.25, 0.3) is 0 Å². The Morgan fingerprint density at radius 1 is 0.941 bits per heavy atom. The van der Waals surface area contributed by atoms with E-state index in [0.29, 0.717) is 6.42 Å². The highest BCUT2D eigenvalue weighted by atomic mass is 19.2. The minimum absolute atomic E-state index is 0.713. The zero-order valence-corrected chi connectivity index (χ0v) is 10.2. The second-order valence-electron chi connectivity index (χ2n) is 4.00. The van der Waals surface area contributed by atoms with Crippen LogP contribution in [0, 0.1) is 11.6 Å². The van der Waals surface area contributed by atoms with Gasteiger partial charge < -0.3 is 10.6 Å². The van der Waals surface area contributed by atoms with Gasteiger partial charge in [0.25, 0.3) is 0 Å². The van der Waals surface area contributed by atoms with E-state index in [1.807, 2.05) is 0 Å². The van der Waals surface area contributed by atoms with Crippen LogP contribution in [0.4, 0.5) is 8.78 Å². The molecule has 4 heteroatoms. The monoisotopic (exact) mass is 242 g/mol. The summed E-state index contributed by atoms with van der Waals surface area (Å²) in [6, 6.07) is 4.05. The first-order valence-corrected chi connectivity index (χ1v) is 6.09. The van der Waals surface area contributed by atoms with Gasteiger partial charge in [-0.15, -0.1) is 0 Å². The minimum Gasteiger partial charge on any atom is -0.315 e. The van der Waals surface area contributed by atoms with Crippen LogP contribution in [0.5, 0.6) is 0 Å². The van der Waals surface area contributed by atoms with Gasteiger partial charge in [-0.3, -0.25) is 0 Å². The van der Waals surface area contributed by atoms with E-state index in [1.165, 1.54) is 12.1 Å². The van der Waals surface area contributed by atoms with E-state index in [0.717, 1.165) is 38.2 Å². The third-order valence-electron chi connectivity index (χ3n) is 2.48. The highest BCUT2D eigenvalue weighted by Crippen LogP contribution is 2.08. The summed E-state index contributed by atoms with van der Waals surface area (Å²) >= 11 is 0. The molecule has 17 heavy (non-hydrogen) atoms. The van der Waals surface area contributed by atoms with Crippen molar-refractivity contribution in [3.8, 4) is 0 Å². The van der Waals surface area contributed by atoms with Crippen LogP contribution in [0.2, 0.25) is 0 Å². The van der Waals surface area contributed by atoms with Crippen LogP contribution in [-0.4, -0.2) is 26.2 Å². The van der Waals surface area contributed by atoms with Crippen LogP contribution < -0.4 is 10.6 Å². The molecule has 96 valence electrons. The lowest BCUT2D eigenvalue weighted by molar-refractivity contribution is 0.506. The van der Waals surface area contributed by atoms with Gasteiger partial charge in [0.05, 0.1) is 0 Å². The summed E-state index contributed by atoms with van der Waals surface area (Å²) in [6.07, 6.45) is 1.85. The van der Waals surface area contributed by atoms with Gasteiger partial charge in [-0.2, -0.15) is 0 Å². The maximum absolute atomic E-state index is 12.9. The highest BCUT2D eigenvalue weighted by Gasteiger charge is 2.01. The van der Waals surface area contributed by atoms with Crippen molar-refractivity contribution in [2.24, 2.45) is 0 Å². The van der Waals surface area contributed by atoms with Gasteiger partial charge in [-0.25, -0.2) is 8.78 Å². The first-order valence-electron chi connectivity index (χ1n) is 6.09. The van der Waals surface area contributed by atoms with Crippen LogP contribution in [0.3, 0.4) is 0 Å². The molecule has 0 aliphatic carbocycles. The molecule has 0 spiro atoms. The zero-order valence-electron chi connectivity index (χ0n) is 10.2. The van der Waals surface area contributed by atoms with Crippen molar-refractivity contribution >= 4 is 0 Å². The van der Waals surface area contributed by atoms with Crippen molar-refractivity contribution in [2.45, 2.75) is 19.8 Å². The molecule has 0 aliphatic heterocycles. The van der Waals surface area contributed by atoms with Gasteiger partial charge in [0.15, 0.2) is 11.6 Å². The molecular formula is C13H20F2N2. The van der Waals surface area contributed by atoms with Crippen molar-refractivity contribution in [3.05, 3.63) is 35.4 Å². The number of hydrogen-bond acceptors (Lipinski definition) is 2. The molecule has 1 rings (SSSR count). The lowest BCUT2D eigenvalue weighted by atomic mass is 10.1. The Bertz CT molecular complexity index is 329. The van der Waals surface area contributed by atoms with Crippen molar-refractivity contribution in [1.82, 2.24) is 10.6 Å². The molecule has 0 saturated carbocycles. The molecule has 2 nitrogen and oxygen atoms in total. The lowest BCUT2D eigenvalue weighted by Gasteiger charge is -2.06. The fraction of sp³-hybridized carbons (Fsp3) is 0.538. The average Bonchev–Trinajstić information content (AvgIpc) is 2.32. The van der Waals surface area contributed by atoms with E-state index in [1.54, 1.807) is 6.07 Å². The Morgan fingerprint density at radius 2 is 1.65 bits per heavy atom. The maximum atomic E-state index is 12.9. The van der Waals surface area contributed by atoms with Crippen LogP contribution in [-0.2, 0) is 6.42 Å². The molecular weight excluding hydrogens is 222 g/mol. The molecule has 0 saturated heterocycles. The molecule has 1 aromatic rings. The van der Waals surface area contributed by atoms with E-state index in [-0.39, 0.29) is 0 Å². The molecule has 2 N–H and O–H groups in total. The van der Waals surface area contributed by atoms with E-state index >= 15 is 0 Å². The van der Waals surface area contributed by atoms with E-state index in [9.17, 15) is 8.78 Å². The quantitative estimate of drug-likeness (QED) is 0.682. The third kappa shape index (κ3) is 5.75. The van der Waals surface area contributed by atoms with Crippen LogP contribution in [0.1, 0.15) is 18.9 Å². The predicted octanol–water partition coefficient (Wildman–Crippen LogP) is 2.10. The normalized spacial score (nSPS) is 10.8. The van der Waals surface area contributed by atoms with E-state index in [2.05, 4.69) is 17.6 Å². The van der Waals surface area contributed by atoms with Crippen LogP contribution >= 0.6 is 0 Å². The second kappa shape index (κ2) is 8.14. The fourth-order valence-corrected chi connectivity index (χ4v) is 1.53. The van der Waals surface area contributed by atoms with E-state index < -0.39 is 11.6 Å². The molecule has 0 unspecified atom stereocenters. The van der Waals surface area contributed by atoms with Gasteiger partial charge in [0.1, 0.15) is 0 Å². The van der Waals surface area contributed by atoms with Gasteiger partial charge in [0.2, 0.25) is 0 Å². The topological polar surface area (TPSA) is 24.1 Å². The predicted molar refractivity (Wildman–Crippen MR) is 66.1 cm³/mol. The van der Waals surface area contributed by atoms with Gasteiger partial charge in [-0.05, 0) is 43.6 Å². The number of nitrogens with one attached hydrogen (secondary N) is 2. The standard InChI is InChI=1S/C13H20F2N2/c1-2-6-16-8-9-17-7-5-11-3-4-12(14)13(15)10-11/h3-4,10,16-17H,2,5-9H2,1H3. The van der Waals surface area contributed by atoms with Gasteiger partial charge in [0, 0.05) is 13.1 Å². The maximum Gasteiger partial charge on any atom is 0.159 e. The summed E-state index contributed by atoms with van der Waals surface area (Å²) in [4.78, 5) is 0. The number of benzene rings is 1. The Hall–Kier alpha value is -1.00. The molecule has 0 radical (unpaired) electrons. The first kappa shape index (κ1) is 14.1. The minimum atomic E-state index is -0.787. The molecule has 1 aromatic carbocycles. The van der Waals surface area contributed by atoms with Crippen LogP contribution in [0.15, 0.2) is 18.2 Å². The number of halogens is 2. The molecule has 0 fully saturated rings. The molecule has 0 aromatic heterocycles. The van der Waals surface area contributed by atoms with Crippen molar-refractivity contribution in [3.63, 3.8) is 0 Å². The van der Waals surface area contributed by atoms with Crippen molar-refractivity contribution in [1.29, 1.82) is 0 Å². The highest BCUT2D eigenvalue weighted by molar-refractivity contribution is 5.17. The third-order valence-corrected chi connectivity index (χ3v) is 2.48. The number of rotatable bonds is 8. The Morgan fingerprint density at radius 3 is 2.29 bits per heavy atom. The summed E-state index contributed by atoms with van der Waals surface area (Å²) in [7, 11) is 0. The molecule has 0 atom stereocenters. The second-order valence-corrected chi connectivity index (χ2v) is 4.00. The lowest BCUT2D eigenvalue weighted by Crippen LogP contribution is -2.29. The molecule has 0 aliphatic rings. The van der Waals surface area contributed by atoms with Gasteiger partial charge in [-0.1, -0.05) is 13.0 Å². The molecule has 0 bridgehead atoms. The van der Waals surface area contributed by atoms with Gasteiger partial charge >= 0.3 is 0 Å². The summed E-state index contributed by atoms with van der Waals surface area (Å²) in [5.74, 6) is -1.56. The molecule has 0 heterocycles. The first-order chi connectivity index (χ1) is 8.24. The summed E-state index contributed by atoms with van der Waals surface area (Å²) in [6.45, 7) is 5.77. The SMILES string of the molecule is CCCNCCNCCc1ccc(F)c(F)c1. The largest absolute Gasteiger partial charge is 0.315 e. The molecule has 0 amide bonds. The number of hydrogen-bond donors (Lipinski definition) is 2. The fourth-order valence-electron chi connectivity index (χ4n) is 1.53. The Labute approximate surface area is 101 Å². The average molecular weight is 242 g/mol. The van der Waals surface area contributed by atoms with Crippen molar-refractivity contribution in [2.75, 3.05) is 26.2 Å².